The molecule has 22 heavy (non-hydrogen) atoms. The van der Waals surface area contributed by atoms with Gasteiger partial charge in [0.1, 0.15) is 5.69 Å². The van der Waals surface area contributed by atoms with E-state index in [1.54, 1.807) is 24.3 Å². The Morgan fingerprint density at radius 3 is 2.50 bits per heavy atom. The molecule has 2 heterocycles. The number of hydrogen-bond donors (Lipinski definition) is 0. The summed E-state index contributed by atoms with van der Waals surface area (Å²) in [6.45, 7) is 10.6. The molecular formula is C17H28N2O3. The summed E-state index contributed by atoms with van der Waals surface area (Å²) in [5.41, 5.74) is 1.65. The van der Waals surface area contributed by atoms with Gasteiger partial charge in [-0.05, 0) is 17.5 Å². The van der Waals surface area contributed by atoms with Crippen LogP contribution in [-0.2, 0) is 9.47 Å². The number of nitrogens with zero attached hydrogens (tertiary/aromatic N) is 2. The van der Waals surface area contributed by atoms with Gasteiger partial charge in [-0.3, -0.25) is 9.78 Å². The van der Waals surface area contributed by atoms with Crippen molar-refractivity contribution < 1.29 is 14.3 Å². The molecule has 1 aliphatic rings. The monoisotopic (exact) mass is 308 g/mol. The molecule has 0 spiro atoms. The summed E-state index contributed by atoms with van der Waals surface area (Å²) in [6, 6.07) is 3.77. The van der Waals surface area contributed by atoms with Gasteiger partial charge in [0, 0.05) is 26.4 Å². The number of carbonyl (C=O) groups excluding carboxylic acids is 1. The fourth-order valence-corrected chi connectivity index (χ4v) is 2.04. The standard InChI is InChI=1S/C15H22N2O3.C2H6/c1-11(2)12-4-5-14(16-8-12)15(18)17-9-13(10-17)20-7-6-19-3;1-2/h4-5,8,11,13H,6-7,9-10H2,1-3H3;1-2H3. The van der Waals surface area contributed by atoms with Crippen LogP contribution in [0.5, 0.6) is 0 Å². The van der Waals surface area contributed by atoms with Crippen LogP contribution in [0.3, 0.4) is 0 Å². The van der Waals surface area contributed by atoms with Crippen LogP contribution in [0.25, 0.3) is 0 Å². The lowest BCUT2D eigenvalue weighted by atomic mass is 10.1. The first-order chi connectivity index (χ1) is 10.6. The van der Waals surface area contributed by atoms with Crippen molar-refractivity contribution in [1.82, 2.24) is 9.88 Å². The van der Waals surface area contributed by atoms with Gasteiger partial charge in [-0.1, -0.05) is 33.8 Å². The molecule has 5 heteroatoms. The number of methoxy groups -OCH3 is 1. The minimum Gasteiger partial charge on any atom is -0.382 e. The van der Waals surface area contributed by atoms with Crippen molar-refractivity contribution in [3.63, 3.8) is 0 Å². The van der Waals surface area contributed by atoms with Crippen molar-refractivity contribution in [3.05, 3.63) is 29.6 Å². The Morgan fingerprint density at radius 1 is 1.32 bits per heavy atom. The number of pyridine rings is 1. The van der Waals surface area contributed by atoms with E-state index in [1.165, 1.54) is 0 Å². The first-order valence-electron chi connectivity index (χ1n) is 7.97. The highest BCUT2D eigenvalue weighted by Crippen LogP contribution is 2.17. The molecule has 1 aliphatic heterocycles. The summed E-state index contributed by atoms with van der Waals surface area (Å²) in [6.07, 6.45) is 1.91. The number of rotatable bonds is 6. The molecule has 1 aromatic heterocycles. The van der Waals surface area contributed by atoms with Crippen molar-refractivity contribution >= 4 is 5.91 Å². The molecule has 0 atom stereocenters. The Hall–Kier alpha value is -1.46. The fraction of sp³-hybridized carbons (Fsp3) is 0.647. The highest BCUT2D eigenvalue weighted by Gasteiger charge is 2.32. The summed E-state index contributed by atoms with van der Waals surface area (Å²) in [5, 5.41) is 0. The van der Waals surface area contributed by atoms with Crippen LogP contribution in [0, 0.1) is 0 Å². The first-order valence-corrected chi connectivity index (χ1v) is 7.97. The van der Waals surface area contributed by atoms with Gasteiger partial charge in [-0.15, -0.1) is 0 Å². The van der Waals surface area contributed by atoms with Crippen molar-refractivity contribution in [2.24, 2.45) is 0 Å². The van der Waals surface area contributed by atoms with Crippen LogP contribution in [0.15, 0.2) is 18.3 Å². The van der Waals surface area contributed by atoms with Crippen LogP contribution >= 0.6 is 0 Å². The van der Waals surface area contributed by atoms with Crippen molar-refractivity contribution in [3.8, 4) is 0 Å². The van der Waals surface area contributed by atoms with Gasteiger partial charge >= 0.3 is 0 Å². The molecule has 1 fully saturated rings. The van der Waals surface area contributed by atoms with E-state index in [2.05, 4.69) is 18.8 Å². The lowest BCUT2D eigenvalue weighted by molar-refractivity contribution is -0.0556. The molecule has 0 saturated carbocycles. The first kappa shape index (κ1) is 18.6. The lowest BCUT2D eigenvalue weighted by Crippen LogP contribution is -2.55. The maximum Gasteiger partial charge on any atom is 0.272 e. The SMILES string of the molecule is CC.COCCOC1CN(C(=O)c2ccc(C(C)C)cn2)C1. The zero-order valence-electron chi connectivity index (χ0n) is 14.3. The van der Waals surface area contributed by atoms with E-state index in [9.17, 15) is 4.79 Å². The summed E-state index contributed by atoms with van der Waals surface area (Å²) in [5.74, 6) is 0.404. The molecule has 2 rings (SSSR count). The molecule has 0 aliphatic carbocycles. The van der Waals surface area contributed by atoms with Crippen LogP contribution in [-0.4, -0.2) is 55.3 Å². The predicted octanol–water partition coefficient (Wildman–Crippen LogP) is 2.72. The third-order valence-corrected chi connectivity index (χ3v) is 3.45. The molecule has 1 saturated heterocycles. The minimum atomic E-state index is -0.0214. The normalized spacial score (nSPS) is 14.4. The van der Waals surface area contributed by atoms with Crippen LogP contribution < -0.4 is 0 Å². The number of carbonyl (C=O) groups is 1. The highest BCUT2D eigenvalue weighted by atomic mass is 16.5. The number of ether oxygens (including phenoxy) is 2. The molecular weight excluding hydrogens is 280 g/mol. The van der Waals surface area contributed by atoms with E-state index in [0.29, 0.717) is 37.9 Å². The quantitative estimate of drug-likeness (QED) is 0.758. The second kappa shape index (κ2) is 9.54. The maximum absolute atomic E-state index is 12.2. The van der Waals surface area contributed by atoms with Gasteiger partial charge in [0.15, 0.2) is 0 Å². The number of aromatic nitrogens is 1. The van der Waals surface area contributed by atoms with E-state index >= 15 is 0 Å². The Morgan fingerprint density at radius 2 is 2.00 bits per heavy atom. The van der Waals surface area contributed by atoms with Crippen molar-refractivity contribution in [2.45, 2.75) is 39.7 Å². The third kappa shape index (κ3) is 5.07. The Labute approximate surface area is 133 Å². The second-order valence-electron chi connectivity index (χ2n) is 5.33. The van der Waals surface area contributed by atoms with E-state index in [0.717, 1.165) is 5.56 Å². The molecule has 1 amide bonds. The summed E-state index contributed by atoms with van der Waals surface area (Å²) in [7, 11) is 1.65. The molecule has 0 aromatic carbocycles. The number of likely N-dealkylation sites (tertiary alicyclic amines) is 1. The third-order valence-electron chi connectivity index (χ3n) is 3.45. The largest absolute Gasteiger partial charge is 0.382 e. The van der Waals surface area contributed by atoms with E-state index < -0.39 is 0 Å². The Bertz CT molecular complexity index is 440. The van der Waals surface area contributed by atoms with Crippen LogP contribution in [0.2, 0.25) is 0 Å². The average molecular weight is 308 g/mol. The number of amides is 1. The summed E-state index contributed by atoms with van der Waals surface area (Å²) < 4.78 is 10.5. The molecule has 0 N–H and O–H groups in total. The molecule has 0 bridgehead atoms. The van der Waals surface area contributed by atoms with E-state index in [4.69, 9.17) is 9.47 Å². The predicted molar refractivity (Wildman–Crippen MR) is 87.2 cm³/mol. The maximum atomic E-state index is 12.2. The minimum absolute atomic E-state index is 0.0214. The van der Waals surface area contributed by atoms with E-state index in [-0.39, 0.29) is 12.0 Å². The van der Waals surface area contributed by atoms with Gasteiger partial charge in [0.2, 0.25) is 0 Å². The van der Waals surface area contributed by atoms with Gasteiger partial charge in [0.05, 0.1) is 19.3 Å². The zero-order valence-corrected chi connectivity index (χ0v) is 14.3. The summed E-state index contributed by atoms with van der Waals surface area (Å²) >= 11 is 0. The Balaban J connectivity index is 0.00000116. The topological polar surface area (TPSA) is 51.7 Å². The second-order valence-corrected chi connectivity index (χ2v) is 5.33. The van der Waals surface area contributed by atoms with Crippen LogP contribution in [0.4, 0.5) is 0 Å². The number of hydrogen-bond acceptors (Lipinski definition) is 4. The highest BCUT2D eigenvalue weighted by molar-refractivity contribution is 5.92. The van der Waals surface area contributed by atoms with Crippen LogP contribution in [0.1, 0.15) is 49.7 Å². The van der Waals surface area contributed by atoms with Gasteiger partial charge in [-0.25, -0.2) is 0 Å². The van der Waals surface area contributed by atoms with Gasteiger partial charge in [-0.2, -0.15) is 0 Å². The smallest absolute Gasteiger partial charge is 0.272 e. The van der Waals surface area contributed by atoms with Crippen molar-refractivity contribution in [2.75, 3.05) is 33.4 Å². The molecule has 124 valence electrons. The Kier molecular flexibility index (Phi) is 8.06. The molecule has 0 radical (unpaired) electrons. The van der Waals surface area contributed by atoms with Crippen molar-refractivity contribution in [1.29, 1.82) is 0 Å². The average Bonchev–Trinajstić information content (AvgIpc) is 2.51. The van der Waals surface area contributed by atoms with E-state index in [1.807, 2.05) is 19.9 Å². The molecule has 0 unspecified atom stereocenters. The summed E-state index contributed by atoms with van der Waals surface area (Å²) in [4.78, 5) is 18.2. The molecule has 1 aromatic rings. The van der Waals surface area contributed by atoms with Gasteiger partial charge < -0.3 is 14.4 Å². The fourth-order valence-electron chi connectivity index (χ4n) is 2.04. The lowest BCUT2D eigenvalue weighted by Gasteiger charge is -2.38. The van der Waals surface area contributed by atoms with Gasteiger partial charge in [0.25, 0.3) is 5.91 Å². The zero-order chi connectivity index (χ0) is 16.5. The molecule has 5 nitrogen and oxygen atoms in total.